The number of carbonyl (C=O) groups is 2. The van der Waals surface area contributed by atoms with Crippen LogP contribution >= 0.6 is 11.6 Å². The van der Waals surface area contributed by atoms with Crippen LogP contribution in [0, 0.1) is 0 Å². The molecule has 0 aromatic heterocycles. The molecule has 1 aliphatic heterocycles. The molecule has 0 bridgehead atoms. The molecule has 1 N–H and O–H groups in total. The average molecular weight is 432 g/mol. The Morgan fingerprint density at radius 1 is 1.36 bits per heavy atom. The minimum atomic E-state index is -3.09. The summed E-state index contributed by atoms with van der Waals surface area (Å²) < 4.78 is 38.2. The Morgan fingerprint density at radius 2 is 2.11 bits per heavy atom. The molecule has 0 aliphatic carbocycles. The summed E-state index contributed by atoms with van der Waals surface area (Å²) in [6, 6.07) is 2.82. The Morgan fingerprint density at radius 3 is 2.71 bits per heavy atom. The second-order valence-corrected chi connectivity index (χ2v) is 8.71. The standard InChI is InChI=1S/C18H22ClNO7S/c1-3-26-15-9-12(8-14(19)18(15)25-2)4-5-17(22)27-10-16(21)20-13-6-7-28(23,24)11-13/h4-5,8-9,13H,3,6-7,10-11H2,1-2H3,(H,20,21)/b5-4+/t13-/m1/s1. The summed E-state index contributed by atoms with van der Waals surface area (Å²) in [5.74, 6) is -0.471. The van der Waals surface area contributed by atoms with Crippen molar-refractivity contribution in [2.24, 2.45) is 0 Å². The molecule has 1 heterocycles. The molecular formula is C18H22ClNO7S. The van der Waals surface area contributed by atoms with Gasteiger partial charge in [0.05, 0.1) is 30.2 Å². The van der Waals surface area contributed by atoms with Crippen molar-refractivity contribution >= 4 is 39.4 Å². The van der Waals surface area contributed by atoms with Crippen LogP contribution < -0.4 is 14.8 Å². The number of hydrogen-bond acceptors (Lipinski definition) is 7. The lowest BCUT2D eigenvalue weighted by molar-refractivity contribution is -0.143. The largest absolute Gasteiger partial charge is 0.491 e. The van der Waals surface area contributed by atoms with E-state index in [2.05, 4.69) is 5.32 Å². The highest BCUT2D eigenvalue weighted by Gasteiger charge is 2.28. The molecular weight excluding hydrogens is 410 g/mol. The van der Waals surface area contributed by atoms with Crippen molar-refractivity contribution in [2.75, 3.05) is 31.8 Å². The van der Waals surface area contributed by atoms with Gasteiger partial charge in [0.25, 0.3) is 5.91 Å². The molecule has 0 saturated carbocycles. The lowest BCUT2D eigenvalue weighted by atomic mass is 10.2. The lowest BCUT2D eigenvalue weighted by Crippen LogP contribution is -2.38. The normalized spacial score (nSPS) is 18.0. The van der Waals surface area contributed by atoms with Gasteiger partial charge < -0.3 is 19.5 Å². The van der Waals surface area contributed by atoms with Gasteiger partial charge >= 0.3 is 5.97 Å². The summed E-state index contributed by atoms with van der Waals surface area (Å²) in [4.78, 5) is 23.6. The highest BCUT2D eigenvalue weighted by molar-refractivity contribution is 7.91. The highest BCUT2D eigenvalue weighted by Crippen LogP contribution is 2.36. The number of rotatable bonds is 8. The number of amides is 1. The maximum Gasteiger partial charge on any atom is 0.331 e. The summed E-state index contributed by atoms with van der Waals surface area (Å²) in [5.41, 5.74) is 0.590. The Labute approximate surface area is 168 Å². The van der Waals surface area contributed by atoms with Crippen molar-refractivity contribution in [3.8, 4) is 11.5 Å². The topological polar surface area (TPSA) is 108 Å². The van der Waals surface area contributed by atoms with Gasteiger partial charge in [0.1, 0.15) is 0 Å². The fourth-order valence-corrected chi connectivity index (χ4v) is 4.64. The van der Waals surface area contributed by atoms with E-state index < -0.39 is 34.4 Å². The second-order valence-electron chi connectivity index (χ2n) is 6.08. The van der Waals surface area contributed by atoms with Crippen LogP contribution in [0.3, 0.4) is 0 Å². The molecule has 28 heavy (non-hydrogen) atoms. The van der Waals surface area contributed by atoms with Crippen LogP contribution in [0.15, 0.2) is 18.2 Å². The number of esters is 1. The van der Waals surface area contributed by atoms with E-state index in [-0.39, 0.29) is 11.5 Å². The summed E-state index contributed by atoms with van der Waals surface area (Å²) in [7, 11) is -1.62. The molecule has 1 aromatic rings. The van der Waals surface area contributed by atoms with Gasteiger partial charge in [-0.1, -0.05) is 11.6 Å². The zero-order valence-corrected chi connectivity index (χ0v) is 17.1. The Bertz CT molecular complexity index is 867. The third kappa shape index (κ3) is 6.42. The number of sulfone groups is 1. The van der Waals surface area contributed by atoms with E-state index in [9.17, 15) is 18.0 Å². The SMILES string of the molecule is CCOc1cc(/C=C/C(=O)OCC(=O)N[C@@H]2CCS(=O)(=O)C2)cc(Cl)c1OC. The van der Waals surface area contributed by atoms with Gasteiger partial charge in [-0.05, 0) is 37.1 Å². The molecule has 1 fully saturated rings. The first kappa shape index (κ1) is 22.0. The minimum Gasteiger partial charge on any atom is -0.491 e. The van der Waals surface area contributed by atoms with Crippen molar-refractivity contribution in [1.82, 2.24) is 5.32 Å². The van der Waals surface area contributed by atoms with E-state index in [1.165, 1.54) is 13.2 Å². The smallest absolute Gasteiger partial charge is 0.331 e. The predicted octanol–water partition coefficient (Wildman–Crippen LogP) is 1.61. The van der Waals surface area contributed by atoms with Gasteiger partial charge in [0.15, 0.2) is 27.9 Å². The number of hydrogen-bond donors (Lipinski definition) is 1. The van der Waals surface area contributed by atoms with Crippen LogP contribution in [0.2, 0.25) is 5.02 Å². The van der Waals surface area contributed by atoms with Crippen LogP contribution in [0.1, 0.15) is 18.9 Å². The van der Waals surface area contributed by atoms with E-state index in [0.717, 1.165) is 6.08 Å². The molecule has 0 unspecified atom stereocenters. The van der Waals surface area contributed by atoms with Crippen LogP contribution in [-0.2, 0) is 24.2 Å². The van der Waals surface area contributed by atoms with Gasteiger partial charge in [0, 0.05) is 12.1 Å². The van der Waals surface area contributed by atoms with Gasteiger partial charge in [-0.25, -0.2) is 13.2 Å². The molecule has 1 saturated heterocycles. The Balaban J connectivity index is 1.88. The zero-order chi connectivity index (χ0) is 20.7. The number of methoxy groups -OCH3 is 1. The van der Waals surface area contributed by atoms with Crippen molar-refractivity contribution in [2.45, 2.75) is 19.4 Å². The van der Waals surface area contributed by atoms with E-state index in [0.29, 0.717) is 35.1 Å². The van der Waals surface area contributed by atoms with E-state index in [4.69, 9.17) is 25.8 Å². The average Bonchev–Trinajstić information content (AvgIpc) is 2.96. The predicted molar refractivity (Wildman–Crippen MR) is 104 cm³/mol. The molecule has 2 rings (SSSR count). The van der Waals surface area contributed by atoms with Crippen LogP contribution in [0.5, 0.6) is 11.5 Å². The van der Waals surface area contributed by atoms with Gasteiger partial charge in [-0.3, -0.25) is 4.79 Å². The number of ether oxygens (including phenoxy) is 3. The van der Waals surface area contributed by atoms with Crippen LogP contribution in [0.4, 0.5) is 0 Å². The Kier molecular flexibility index (Phi) is 7.70. The summed E-state index contributed by atoms with van der Waals surface area (Å²) in [5, 5.41) is 2.86. The molecule has 0 radical (unpaired) electrons. The maximum atomic E-state index is 11.8. The third-order valence-electron chi connectivity index (χ3n) is 3.89. The molecule has 1 atom stereocenters. The Hall–Kier alpha value is -2.26. The molecule has 154 valence electrons. The quantitative estimate of drug-likeness (QED) is 0.492. The van der Waals surface area contributed by atoms with Crippen LogP contribution in [-0.4, -0.2) is 58.2 Å². The second kappa shape index (κ2) is 9.79. The van der Waals surface area contributed by atoms with Crippen molar-refractivity contribution < 1.29 is 32.2 Å². The van der Waals surface area contributed by atoms with Crippen LogP contribution in [0.25, 0.3) is 6.08 Å². The van der Waals surface area contributed by atoms with Gasteiger partial charge in [-0.2, -0.15) is 0 Å². The number of halogens is 1. The first-order valence-corrected chi connectivity index (χ1v) is 10.8. The fourth-order valence-electron chi connectivity index (χ4n) is 2.67. The minimum absolute atomic E-state index is 0.0502. The van der Waals surface area contributed by atoms with E-state index in [1.807, 2.05) is 6.92 Å². The van der Waals surface area contributed by atoms with E-state index in [1.54, 1.807) is 12.1 Å². The molecule has 0 spiro atoms. The van der Waals surface area contributed by atoms with Crippen molar-refractivity contribution in [3.05, 3.63) is 28.8 Å². The molecule has 8 nitrogen and oxygen atoms in total. The molecule has 1 amide bonds. The van der Waals surface area contributed by atoms with Crippen molar-refractivity contribution in [3.63, 3.8) is 0 Å². The number of benzene rings is 1. The highest BCUT2D eigenvalue weighted by atomic mass is 35.5. The zero-order valence-electron chi connectivity index (χ0n) is 15.6. The molecule has 1 aromatic carbocycles. The van der Waals surface area contributed by atoms with E-state index >= 15 is 0 Å². The monoisotopic (exact) mass is 431 g/mol. The molecule has 10 heteroatoms. The first-order valence-electron chi connectivity index (χ1n) is 8.59. The fraction of sp³-hybridized carbons (Fsp3) is 0.444. The van der Waals surface area contributed by atoms with Gasteiger partial charge in [0.2, 0.25) is 0 Å². The number of nitrogens with one attached hydrogen (secondary N) is 1. The molecule has 1 aliphatic rings. The number of carbonyl (C=O) groups excluding carboxylic acids is 2. The first-order chi connectivity index (χ1) is 13.2. The van der Waals surface area contributed by atoms with Crippen molar-refractivity contribution in [1.29, 1.82) is 0 Å². The summed E-state index contributed by atoms with van der Waals surface area (Å²) in [6.07, 6.45) is 2.99. The maximum absolute atomic E-state index is 11.8. The lowest BCUT2D eigenvalue weighted by Gasteiger charge is -2.12. The van der Waals surface area contributed by atoms with Gasteiger partial charge in [-0.15, -0.1) is 0 Å². The summed E-state index contributed by atoms with van der Waals surface area (Å²) >= 11 is 6.14. The third-order valence-corrected chi connectivity index (χ3v) is 5.94. The summed E-state index contributed by atoms with van der Waals surface area (Å²) in [6.45, 7) is 1.74.